The third-order valence-corrected chi connectivity index (χ3v) is 6.07. The molecule has 0 radical (unpaired) electrons. The van der Waals surface area contributed by atoms with E-state index < -0.39 is 0 Å². The third-order valence-electron chi connectivity index (χ3n) is 4.89. The highest BCUT2D eigenvalue weighted by molar-refractivity contribution is 7.99. The summed E-state index contributed by atoms with van der Waals surface area (Å²) in [6.45, 7) is 4.51. The first-order chi connectivity index (χ1) is 16.0. The summed E-state index contributed by atoms with van der Waals surface area (Å²) in [5.41, 5.74) is 3.56. The lowest BCUT2D eigenvalue weighted by atomic mass is 10.2. The van der Waals surface area contributed by atoms with Crippen molar-refractivity contribution in [1.29, 1.82) is 0 Å². The summed E-state index contributed by atoms with van der Waals surface area (Å²) < 4.78 is 7.50. The first-order valence-electron chi connectivity index (χ1n) is 10.5. The summed E-state index contributed by atoms with van der Waals surface area (Å²) >= 11 is 7.39. The molecule has 8 heteroatoms. The average Bonchev–Trinajstić information content (AvgIpc) is 3.24. The fourth-order valence-corrected chi connectivity index (χ4v) is 4.15. The smallest absolute Gasteiger partial charge is 0.234 e. The topological polar surface area (TPSA) is 69.0 Å². The fraction of sp³-hybridized carbons (Fsp3) is 0.160. The minimum Gasteiger partial charge on any atom is -0.494 e. The molecule has 0 aliphatic heterocycles. The molecule has 4 rings (SSSR count). The summed E-state index contributed by atoms with van der Waals surface area (Å²) in [5.74, 6) is 1.54. The molecule has 1 N–H and O–H groups in total. The number of rotatable bonds is 8. The van der Waals surface area contributed by atoms with E-state index >= 15 is 0 Å². The molecule has 4 aromatic rings. The van der Waals surface area contributed by atoms with Crippen LogP contribution in [0.2, 0.25) is 5.02 Å². The predicted molar refractivity (Wildman–Crippen MR) is 134 cm³/mol. The van der Waals surface area contributed by atoms with E-state index in [0.29, 0.717) is 22.6 Å². The van der Waals surface area contributed by atoms with Gasteiger partial charge in [-0.25, -0.2) is 0 Å². The Morgan fingerprint density at radius 3 is 2.45 bits per heavy atom. The van der Waals surface area contributed by atoms with Gasteiger partial charge in [0.05, 0.1) is 12.4 Å². The highest BCUT2D eigenvalue weighted by Gasteiger charge is 2.18. The number of nitrogens with one attached hydrogen (secondary N) is 1. The van der Waals surface area contributed by atoms with Crippen molar-refractivity contribution in [3.8, 4) is 22.8 Å². The molecule has 3 aromatic carbocycles. The summed E-state index contributed by atoms with van der Waals surface area (Å²) in [7, 11) is 0. The average molecular weight is 479 g/mol. The highest BCUT2D eigenvalue weighted by atomic mass is 35.5. The molecular formula is C25H23ClN4O2S. The van der Waals surface area contributed by atoms with Crippen molar-refractivity contribution in [3.63, 3.8) is 0 Å². The van der Waals surface area contributed by atoms with E-state index in [1.807, 2.05) is 91.2 Å². The number of nitrogens with zero attached hydrogens (tertiary/aromatic N) is 3. The molecule has 168 valence electrons. The van der Waals surface area contributed by atoms with Gasteiger partial charge >= 0.3 is 0 Å². The van der Waals surface area contributed by atoms with Crippen LogP contribution in [0.15, 0.2) is 78.0 Å². The van der Waals surface area contributed by atoms with Crippen molar-refractivity contribution in [2.45, 2.75) is 19.0 Å². The van der Waals surface area contributed by atoms with Crippen molar-refractivity contribution in [2.75, 3.05) is 17.7 Å². The second-order valence-corrected chi connectivity index (χ2v) is 8.61. The van der Waals surface area contributed by atoms with Crippen molar-refractivity contribution in [3.05, 3.63) is 83.4 Å². The predicted octanol–water partition coefficient (Wildman–Crippen LogP) is 6.03. The zero-order valence-corrected chi connectivity index (χ0v) is 19.9. The normalized spacial score (nSPS) is 10.8. The Hall–Kier alpha value is -3.29. The number of ether oxygens (including phenoxy) is 1. The molecule has 0 saturated carbocycles. The summed E-state index contributed by atoms with van der Waals surface area (Å²) in [6.07, 6.45) is 0. The SMILES string of the molecule is CCOc1ccc(-n2c(SCC(=O)Nc3ccccc3C)nnc2-c2ccc(Cl)cc2)cc1. The summed E-state index contributed by atoms with van der Waals surface area (Å²) in [5, 5.41) is 13.0. The number of halogens is 1. The van der Waals surface area contributed by atoms with E-state index in [2.05, 4.69) is 15.5 Å². The van der Waals surface area contributed by atoms with Gasteiger partial charge in [-0.1, -0.05) is 41.6 Å². The first kappa shape index (κ1) is 22.9. The number of para-hydroxylation sites is 1. The maximum absolute atomic E-state index is 12.6. The Morgan fingerprint density at radius 1 is 1.03 bits per heavy atom. The van der Waals surface area contributed by atoms with Crippen LogP contribution >= 0.6 is 23.4 Å². The molecule has 0 atom stereocenters. The summed E-state index contributed by atoms with van der Waals surface area (Å²) in [4.78, 5) is 12.6. The zero-order valence-electron chi connectivity index (χ0n) is 18.3. The molecule has 0 saturated heterocycles. The van der Waals surface area contributed by atoms with Crippen LogP contribution in [0.1, 0.15) is 12.5 Å². The third kappa shape index (κ3) is 5.56. The van der Waals surface area contributed by atoms with Gasteiger partial charge in [0.25, 0.3) is 0 Å². The number of aromatic nitrogens is 3. The van der Waals surface area contributed by atoms with Gasteiger partial charge in [0.1, 0.15) is 5.75 Å². The molecule has 0 aliphatic carbocycles. The van der Waals surface area contributed by atoms with Crippen molar-refractivity contribution < 1.29 is 9.53 Å². The second kappa shape index (κ2) is 10.6. The first-order valence-corrected chi connectivity index (χ1v) is 11.8. The molecule has 0 aliphatic rings. The standard InChI is InChI=1S/C25H23ClN4O2S/c1-3-32-21-14-12-20(13-15-21)30-24(18-8-10-19(26)11-9-18)28-29-25(30)33-16-23(31)27-22-7-5-4-6-17(22)2/h4-15H,3,16H2,1-2H3,(H,27,31). The number of amides is 1. The molecule has 1 heterocycles. The Balaban J connectivity index is 1.61. The quantitative estimate of drug-likeness (QED) is 0.313. The number of anilines is 1. The molecule has 0 unspecified atom stereocenters. The van der Waals surface area contributed by atoms with E-state index in [1.54, 1.807) is 0 Å². The van der Waals surface area contributed by atoms with Crippen molar-refractivity contribution in [1.82, 2.24) is 14.8 Å². The number of aryl methyl sites for hydroxylation is 1. The van der Waals surface area contributed by atoms with Gasteiger partial charge in [0.2, 0.25) is 5.91 Å². The van der Waals surface area contributed by atoms with Gasteiger partial charge in [-0.2, -0.15) is 0 Å². The van der Waals surface area contributed by atoms with Crippen LogP contribution in [-0.4, -0.2) is 33.0 Å². The zero-order chi connectivity index (χ0) is 23.2. The number of hydrogen-bond donors (Lipinski definition) is 1. The minimum absolute atomic E-state index is 0.108. The van der Waals surface area contributed by atoms with Crippen molar-refractivity contribution in [2.24, 2.45) is 0 Å². The molecule has 6 nitrogen and oxygen atoms in total. The number of carbonyl (C=O) groups excluding carboxylic acids is 1. The highest BCUT2D eigenvalue weighted by Crippen LogP contribution is 2.29. The molecule has 0 fully saturated rings. The molecule has 0 spiro atoms. The van der Waals surface area contributed by atoms with Crippen LogP contribution in [0, 0.1) is 6.92 Å². The number of thioether (sulfide) groups is 1. The van der Waals surface area contributed by atoms with E-state index in [4.69, 9.17) is 16.3 Å². The van der Waals surface area contributed by atoms with Crippen LogP contribution in [0.3, 0.4) is 0 Å². The fourth-order valence-electron chi connectivity index (χ4n) is 3.27. The second-order valence-electron chi connectivity index (χ2n) is 7.23. The number of benzene rings is 3. The van der Waals surface area contributed by atoms with Gasteiger partial charge < -0.3 is 10.1 Å². The Labute approximate surface area is 202 Å². The monoisotopic (exact) mass is 478 g/mol. The van der Waals surface area contributed by atoms with Crippen LogP contribution < -0.4 is 10.1 Å². The molecule has 33 heavy (non-hydrogen) atoms. The van der Waals surface area contributed by atoms with Crippen LogP contribution in [-0.2, 0) is 4.79 Å². The lowest BCUT2D eigenvalue weighted by Gasteiger charge is -2.12. The Bertz CT molecular complexity index is 1240. The lowest BCUT2D eigenvalue weighted by molar-refractivity contribution is -0.113. The van der Waals surface area contributed by atoms with Crippen LogP contribution in [0.5, 0.6) is 5.75 Å². The largest absolute Gasteiger partial charge is 0.494 e. The Kier molecular flexibility index (Phi) is 7.32. The van der Waals surface area contributed by atoms with E-state index in [-0.39, 0.29) is 11.7 Å². The van der Waals surface area contributed by atoms with Gasteiger partial charge in [0, 0.05) is 22.0 Å². The lowest BCUT2D eigenvalue weighted by Crippen LogP contribution is -2.15. The molecule has 0 bridgehead atoms. The van der Waals surface area contributed by atoms with Gasteiger partial charge in [-0.3, -0.25) is 9.36 Å². The number of carbonyl (C=O) groups is 1. The minimum atomic E-state index is -0.108. The van der Waals surface area contributed by atoms with Gasteiger partial charge in [-0.05, 0) is 74.0 Å². The van der Waals surface area contributed by atoms with Gasteiger partial charge in [0.15, 0.2) is 11.0 Å². The summed E-state index contributed by atoms with van der Waals surface area (Å²) in [6, 6.07) is 22.8. The van der Waals surface area contributed by atoms with Gasteiger partial charge in [-0.15, -0.1) is 10.2 Å². The maximum atomic E-state index is 12.6. The van der Waals surface area contributed by atoms with E-state index in [9.17, 15) is 4.79 Å². The van der Waals surface area contributed by atoms with E-state index in [0.717, 1.165) is 28.3 Å². The Morgan fingerprint density at radius 2 is 1.76 bits per heavy atom. The molecule has 1 amide bonds. The molecular weight excluding hydrogens is 456 g/mol. The van der Waals surface area contributed by atoms with Crippen LogP contribution in [0.25, 0.3) is 17.1 Å². The van der Waals surface area contributed by atoms with Crippen molar-refractivity contribution >= 4 is 35.0 Å². The van der Waals surface area contributed by atoms with Crippen LogP contribution in [0.4, 0.5) is 5.69 Å². The number of hydrogen-bond acceptors (Lipinski definition) is 5. The van der Waals surface area contributed by atoms with E-state index in [1.165, 1.54) is 11.8 Å². The molecule has 1 aromatic heterocycles. The maximum Gasteiger partial charge on any atom is 0.234 e.